The zero-order valence-corrected chi connectivity index (χ0v) is 20.3. The molecule has 0 unspecified atom stereocenters. The van der Waals surface area contributed by atoms with Crippen molar-refractivity contribution in [2.75, 3.05) is 4.90 Å². The lowest BCUT2D eigenvalue weighted by molar-refractivity contribution is -0.127. The molecule has 1 spiro atoms. The van der Waals surface area contributed by atoms with Crippen molar-refractivity contribution < 1.29 is 23.9 Å². The maximum Gasteiger partial charge on any atom is 0.241 e. The van der Waals surface area contributed by atoms with Crippen LogP contribution in [0.2, 0.25) is 0 Å². The number of amides is 2. The average Bonchev–Trinajstić information content (AvgIpc) is 3.44. The van der Waals surface area contributed by atoms with E-state index in [2.05, 4.69) is 15.9 Å². The van der Waals surface area contributed by atoms with E-state index >= 15 is 0 Å². The molecule has 2 amide bonds. The lowest BCUT2D eigenvalue weighted by Crippen LogP contribution is -2.51. The molecule has 174 valence electrons. The second kappa shape index (κ2) is 7.80. The Morgan fingerprint density at radius 3 is 2.06 bits per heavy atom. The number of ketones is 2. The second-order valence-electron chi connectivity index (χ2n) is 9.03. The first-order chi connectivity index (χ1) is 16.9. The average molecular weight is 530 g/mol. The minimum absolute atomic E-state index is 0.223. The summed E-state index contributed by atoms with van der Waals surface area (Å²) in [6.45, 7) is 1.95. The number of benzene rings is 3. The third-order valence-corrected chi connectivity index (χ3v) is 7.86. The van der Waals surface area contributed by atoms with Gasteiger partial charge in [-0.15, -0.1) is 0 Å². The van der Waals surface area contributed by atoms with E-state index in [1.807, 2.05) is 19.1 Å². The van der Waals surface area contributed by atoms with Gasteiger partial charge in [0.15, 0.2) is 0 Å². The van der Waals surface area contributed by atoms with Crippen LogP contribution in [0.15, 0.2) is 77.3 Å². The van der Waals surface area contributed by atoms with Crippen molar-refractivity contribution in [1.82, 2.24) is 0 Å². The van der Waals surface area contributed by atoms with Gasteiger partial charge in [0.25, 0.3) is 0 Å². The van der Waals surface area contributed by atoms with E-state index in [4.69, 9.17) is 4.74 Å². The highest BCUT2D eigenvalue weighted by atomic mass is 79.9. The maximum absolute atomic E-state index is 14.0. The van der Waals surface area contributed by atoms with Crippen LogP contribution >= 0.6 is 15.9 Å². The Balaban J connectivity index is 1.55. The fraction of sp³-hybridized carbons (Fsp3) is 0.214. The zero-order valence-electron chi connectivity index (χ0n) is 18.7. The number of Topliss-reactive ketones (excluding diaryl/α,β-unsaturated/α-hetero) is 2. The summed E-state index contributed by atoms with van der Waals surface area (Å²) in [6, 6.07) is 20.9. The van der Waals surface area contributed by atoms with Gasteiger partial charge in [0.2, 0.25) is 29.0 Å². The van der Waals surface area contributed by atoms with Crippen molar-refractivity contribution in [3.8, 4) is 0 Å². The molecule has 2 fully saturated rings. The van der Waals surface area contributed by atoms with Crippen LogP contribution in [0.1, 0.15) is 44.9 Å². The fourth-order valence-electron chi connectivity index (χ4n) is 5.74. The molecule has 3 aromatic carbocycles. The molecule has 1 aliphatic carbocycles. The highest BCUT2D eigenvalue weighted by Gasteiger charge is 2.74. The van der Waals surface area contributed by atoms with Crippen LogP contribution < -0.4 is 4.90 Å². The minimum atomic E-state index is -2.06. The number of aryl methyl sites for hydroxylation is 1. The number of hydrogen-bond acceptors (Lipinski definition) is 5. The van der Waals surface area contributed by atoms with Crippen LogP contribution in [0.4, 0.5) is 5.69 Å². The molecule has 7 heteroatoms. The van der Waals surface area contributed by atoms with Gasteiger partial charge < -0.3 is 4.74 Å². The van der Waals surface area contributed by atoms with Crippen molar-refractivity contribution in [2.24, 2.45) is 11.8 Å². The maximum atomic E-state index is 14.0. The van der Waals surface area contributed by atoms with Crippen molar-refractivity contribution in [2.45, 2.75) is 25.0 Å². The van der Waals surface area contributed by atoms with E-state index in [0.717, 1.165) is 14.9 Å². The second-order valence-corrected chi connectivity index (χ2v) is 9.94. The topological polar surface area (TPSA) is 80.8 Å². The molecule has 0 radical (unpaired) electrons. The number of carbonyl (C=O) groups is 4. The first-order valence-electron chi connectivity index (χ1n) is 11.5. The molecule has 0 bridgehead atoms. The quantitative estimate of drug-likeness (QED) is 0.362. The van der Waals surface area contributed by atoms with Gasteiger partial charge in [-0.1, -0.05) is 77.5 Å². The van der Waals surface area contributed by atoms with Gasteiger partial charge in [-0.3, -0.25) is 19.2 Å². The molecule has 0 aromatic heterocycles. The number of ether oxygens (including phenoxy) is 1. The van der Waals surface area contributed by atoms with E-state index in [0.29, 0.717) is 17.7 Å². The first-order valence-corrected chi connectivity index (χ1v) is 12.3. The Morgan fingerprint density at radius 1 is 0.829 bits per heavy atom. The van der Waals surface area contributed by atoms with Gasteiger partial charge in [0, 0.05) is 15.6 Å². The third-order valence-electron chi connectivity index (χ3n) is 7.33. The Labute approximate surface area is 210 Å². The first kappa shape index (κ1) is 22.1. The molecule has 2 heterocycles. The van der Waals surface area contributed by atoms with Crippen LogP contribution in [-0.2, 0) is 20.7 Å². The molecule has 6 rings (SSSR count). The minimum Gasteiger partial charge on any atom is -0.349 e. The van der Waals surface area contributed by atoms with Crippen LogP contribution in [0, 0.1) is 11.8 Å². The number of hydrogen-bond donors (Lipinski definition) is 0. The number of halogens is 1. The smallest absolute Gasteiger partial charge is 0.241 e. The van der Waals surface area contributed by atoms with Gasteiger partial charge in [-0.05, 0) is 35.7 Å². The van der Waals surface area contributed by atoms with Crippen LogP contribution in [0.25, 0.3) is 0 Å². The highest BCUT2D eigenvalue weighted by molar-refractivity contribution is 9.10. The van der Waals surface area contributed by atoms with E-state index in [-0.39, 0.29) is 11.1 Å². The summed E-state index contributed by atoms with van der Waals surface area (Å²) >= 11 is 3.41. The van der Waals surface area contributed by atoms with Crippen LogP contribution in [-0.4, -0.2) is 29.0 Å². The van der Waals surface area contributed by atoms with Crippen LogP contribution in [0.5, 0.6) is 0 Å². The molecule has 0 saturated carbocycles. The highest BCUT2D eigenvalue weighted by Crippen LogP contribution is 2.57. The molecule has 0 N–H and O–H groups in total. The van der Waals surface area contributed by atoms with Crippen molar-refractivity contribution in [1.29, 1.82) is 0 Å². The number of fused-ring (bicyclic) bond motifs is 3. The molecule has 3 aliphatic rings. The van der Waals surface area contributed by atoms with E-state index in [1.165, 1.54) is 0 Å². The predicted octanol–water partition coefficient (Wildman–Crippen LogP) is 4.71. The van der Waals surface area contributed by atoms with E-state index < -0.39 is 46.9 Å². The van der Waals surface area contributed by atoms with Gasteiger partial charge in [-0.2, -0.15) is 0 Å². The summed E-state index contributed by atoms with van der Waals surface area (Å²) in [5.74, 6) is -4.40. The van der Waals surface area contributed by atoms with Crippen molar-refractivity contribution >= 4 is 45.0 Å². The summed E-state index contributed by atoms with van der Waals surface area (Å²) in [7, 11) is 0. The van der Waals surface area contributed by atoms with E-state index in [9.17, 15) is 19.2 Å². The van der Waals surface area contributed by atoms with Crippen molar-refractivity contribution in [3.05, 3.63) is 99.5 Å². The normalized spacial score (nSPS) is 24.4. The fourth-order valence-corrected chi connectivity index (χ4v) is 6.00. The number of rotatable bonds is 3. The molecule has 3 atom stereocenters. The SMILES string of the molecule is CCc1ccccc1N1C(=O)[C@H]2[C@@H](c3ccc(Br)cc3)OC3(C(=O)c4ccccc4C3=O)[C@H]2C1=O. The molecular weight excluding hydrogens is 510 g/mol. The molecule has 35 heavy (non-hydrogen) atoms. The number of para-hydroxylation sites is 1. The van der Waals surface area contributed by atoms with Gasteiger partial charge >= 0.3 is 0 Å². The third kappa shape index (κ3) is 2.85. The molecule has 2 saturated heterocycles. The van der Waals surface area contributed by atoms with Gasteiger partial charge in [0.05, 0.1) is 23.6 Å². The Kier molecular flexibility index (Phi) is 4.92. The Morgan fingerprint density at radius 2 is 1.43 bits per heavy atom. The molecule has 6 nitrogen and oxygen atoms in total. The summed E-state index contributed by atoms with van der Waals surface area (Å²) in [5.41, 5.74) is 0.328. The lowest BCUT2D eigenvalue weighted by Gasteiger charge is -2.28. The largest absolute Gasteiger partial charge is 0.349 e. The number of imide groups is 1. The molecule has 2 aliphatic heterocycles. The van der Waals surface area contributed by atoms with E-state index in [1.54, 1.807) is 60.7 Å². The molecular formula is C28H20BrNO5. The summed E-state index contributed by atoms with van der Waals surface area (Å²) < 4.78 is 7.14. The predicted molar refractivity (Wildman–Crippen MR) is 131 cm³/mol. The van der Waals surface area contributed by atoms with Gasteiger partial charge in [0.1, 0.15) is 0 Å². The zero-order chi connectivity index (χ0) is 24.5. The Bertz CT molecular complexity index is 1390. The Hall–Kier alpha value is -3.42. The molecule has 3 aromatic rings. The number of anilines is 1. The van der Waals surface area contributed by atoms with Crippen molar-refractivity contribution in [3.63, 3.8) is 0 Å². The van der Waals surface area contributed by atoms with Gasteiger partial charge in [-0.25, -0.2) is 4.90 Å². The number of carbonyl (C=O) groups excluding carboxylic acids is 4. The lowest BCUT2D eigenvalue weighted by atomic mass is 9.77. The summed E-state index contributed by atoms with van der Waals surface area (Å²) in [5, 5.41) is 0. The summed E-state index contributed by atoms with van der Waals surface area (Å²) in [4.78, 5) is 56.7. The summed E-state index contributed by atoms with van der Waals surface area (Å²) in [6.07, 6.45) is -0.311. The van der Waals surface area contributed by atoms with Crippen LogP contribution in [0.3, 0.4) is 0 Å². The monoisotopic (exact) mass is 529 g/mol. The standard InChI is InChI=1S/C28H20BrNO5/c1-2-15-7-3-6-10-20(15)30-26(33)21-22(27(30)34)28(35-23(21)16-11-13-17(29)14-12-16)24(31)18-8-4-5-9-19(18)25(28)32/h3-14,21-23H,2H2,1H3/t21-,22-,23-/m1/s1. The number of nitrogens with zero attached hydrogens (tertiary/aromatic N) is 1.